The molecule has 2 aliphatic rings. The van der Waals surface area contributed by atoms with Gasteiger partial charge in [0.25, 0.3) is 0 Å². The van der Waals surface area contributed by atoms with Crippen LogP contribution >= 0.6 is 0 Å². The molecule has 2 aliphatic heterocycles. The van der Waals surface area contributed by atoms with Crippen molar-refractivity contribution >= 4 is 23.3 Å². The van der Waals surface area contributed by atoms with Crippen LogP contribution in [-0.4, -0.2) is 96.9 Å². The first-order valence-corrected chi connectivity index (χ1v) is 12.8. The van der Waals surface area contributed by atoms with E-state index in [2.05, 4.69) is 38.0 Å². The maximum absolute atomic E-state index is 13.0. The molecule has 36 heavy (non-hydrogen) atoms. The number of hydrogen-bond acceptors (Lipinski definition) is 7. The van der Waals surface area contributed by atoms with Gasteiger partial charge in [0.1, 0.15) is 11.9 Å². The third-order valence-corrected chi connectivity index (χ3v) is 6.92. The highest BCUT2D eigenvalue weighted by Gasteiger charge is 2.25. The molecule has 0 unspecified atom stereocenters. The van der Waals surface area contributed by atoms with Crippen LogP contribution < -0.4 is 10.2 Å². The van der Waals surface area contributed by atoms with Crippen molar-refractivity contribution in [2.45, 2.75) is 19.8 Å². The number of rotatable bonds is 7. The predicted molar refractivity (Wildman–Crippen MR) is 140 cm³/mol. The van der Waals surface area contributed by atoms with Gasteiger partial charge in [-0.3, -0.25) is 19.4 Å². The number of benzene rings is 1. The summed E-state index contributed by atoms with van der Waals surface area (Å²) in [6.45, 7) is 8.63. The van der Waals surface area contributed by atoms with Crippen LogP contribution in [0.3, 0.4) is 0 Å². The summed E-state index contributed by atoms with van der Waals surface area (Å²) >= 11 is 0. The number of aromatic nitrogens is 1. The van der Waals surface area contributed by atoms with Crippen LogP contribution in [0.2, 0.25) is 0 Å². The fraction of sp³-hybridized carbons (Fsp3) is 0.481. The largest absolute Gasteiger partial charge is 0.354 e. The summed E-state index contributed by atoms with van der Waals surface area (Å²) in [4.78, 5) is 38.3. The summed E-state index contributed by atoms with van der Waals surface area (Å²) in [5.41, 5.74) is 2.59. The van der Waals surface area contributed by atoms with Gasteiger partial charge in [-0.25, -0.2) is 4.98 Å². The molecule has 1 aromatic carbocycles. The van der Waals surface area contributed by atoms with Gasteiger partial charge in [-0.15, -0.1) is 0 Å². The molecule has 0 radical (unpaired) electrons. The van der Waals surface area contributed by atoms with Crippen molar-refractivity contribution < 1.29 is 9.59 Å². The van der Waals surface area contributed by atoms with Crippen molar-refractivity contribution in [1.29, 1.82) is 5.26 Å². The van der Waals surface area contributed by atoms with Gasteiger partial charge in [-0.05, 0) is 36.6 Å². The van der Waals surface area contributed by atoms with Gasteiger partial charge in [0.15, 0.2) is 0 Å². The van der Waals surface area contributed by atoms with Gasteiger partial charge in [0, 0.05) is 64.2 Å². The van der Waals surface area contributed by atoms with Gasteiger partial charge in [-0.2, -0.15) is 5.26 Å². The van der Waals surface area contributed by atoms with Gasteiger partial charge < -0.3 is 15.1 Å². The first-order chi connectivity index (χ1) is 17.6. The number of nitrogens with one attached hydrogen (secondary N) is 1. The molecule has 190 valence electrons. The Kier molecular flexibility index (Phi) is 8.87. The molecule has 4 rings (SSSR count). The average Bonchev–Trinajstić information content (AvgIpc) is 3.14. The van der Waals surface area contributed by atoms with E-state index in [0.29, 0.717) is 44.8 Å². The van der Waals surface area contributed by atoms with E-state index in [0.717, 1.165) is 56.1 Å². The number of amides is 2. The van der Waals surface area contributed by atoms with Crippen molar-refractivity contribution in [3.63, 3.8) is 0 Å². The standard InChI is InChI=1S/C27H35N7O2/c1-2-22-7-3-4-9-24(22)30-25(35)20-32-13-16-33(17-14-32)26(36)21-31-11-6-12-34(18-15-31)27-23(19-28)8-5-10-29-27/h3-5,7-10H,2,6,11-18,20-21H2,1H3,(H,30,35). The number of nitriles is 1. The van der Waals surface area contributed by atoms with Crippen molar-refractivity contribution in [2.24, 2.45) is 0 Å². The van der Waals surface area contributed by atoms with Gasteiger partial charge in [0.2, 0.25) is 11.8 Å². The van der Waals surface area contributed by atoms with Crippen molar-refractivity contribution in [2.75, 3.05) is 75.7 Å². The Bertz CT molecular complexity index is 1090. The molecule has 9 heteroatoms. The van der Waals surface area contributed by atoms with Crippen LogP contribution in [0.5, 0.6) is 0 Å². The second-order valence-corrected chi connectivity index (χ2v) is 9.32. The van der Waals surface area contributed by atoms with Gasteiger partial charge >= 0.3 is 0 Å². The molecule has 0 spiro atoms. The second kappa shape index (κ2) is 12.5. The molecular formula is C27H35N7O2. The summed E-state index contributed by atoms with van der Waals surface area (Å²) in [7, 11) is 0. The quantitative estimate of drug-likeness (QED) is 0.634. The van der Waals surface area contributed by atoms with Crippen molar-refractivity contribution in [3.8, 4) is 6.07 Å². The summed E-state index contributed by atoms with van der Waals surface area (Å²) in [5, 5.41) is 12.4. The maximum atomic E-state index is 13.0. The molecule has 3 heterocycles. The predicted octanol–water partition coefficient (Wildman–Crippen LogP) is 1.81. The highest BCUT2D eigenvalue weighted by Crippen LogP contribution is 2.18. The number of carbonyl (C=O) groups is 2. The van der Waals surface area contributed by atoms with Crippen LogP contribution in [0, 0.1) is 11.3 Å². The van der Waals surface area contributed by atoms with E-state index in [1.165, 1.54) is 0 Å². The zero-order valence-corrected chi connectivity index (χ0v) is 21.0. The molecule has 0 atom stereocenters. The number of piperazine rings is 1. The fourth-order valence-corrected chi connectivity index (χ4v) is 4.87. The number of carbonyl (C=O) groups excluding carboxylic acids is 2. The normalized spacial score (nSPS) is 17.3. The molecule has 2 fully saturated rings. The average molecular weight is 490 g/mol. The Balaban J connectivity index is 1.21. The molecule has 1 N–H and O–H groups in total. The summed E-state index contributed by atoms with van der Waals surface area (Å²) < 4.78 is 0. The van der Waals surface area contributed by atoms with E-state index >= 15 is 0 Å². The zero-order chi connectivity index (χ0) is 25.3. The van der Waals surface area contributed by atoms with Gasteiger partial charge in [0.05, 0.1) is 18.7 Å². The van der Waals surface area contributed by atoms with Crippen LogP contribution in [0.1, 0.15) is 24.5 Å². The maximum Gasteiger partial charge on any atom is 0.238 e. The smallest absolute Gasteiger partial charge is 0.238 e. The number of pyridine rings is 1. The van der Waals surface area contributed by atoms with Crippen LogP contribution in [0.25, 0.3) is 0 Å². The molecular weight excluding hydrogens is 454 g/mol. The molecule has 9 nitrogen and oxygen atoms in total. The van der Waals surface area contributed by atoms with E-state index in [1.54, 1.807) is 18.3 Å². The fourth-order valence-electron chi connectivity index (χ4n) is 4.87. The van der Waals surface area contributed by atoms with Crippen LogP contribution in [0.4, 0.5) is 11.5 Å². The summed E-state index contributed by atoms with van der Waals surface area (Å²) in [6, 6.07) is 13.7. The number of hydrogen-bond donors (Lipinski definition) is 1. The third-order valence-electron chi connectivity index (χ3n) is 6.92. The Morgan fingerprint density at radius 3 is 2.47 bits per heavy atom. The lowest BCUT2D eigenvalue weighted by Gasteiger charge is -2.35. The SMILES string of the molecule is CCc1ccccc1NC(=O)CN1CCN(C(=O)CN2CCCN(c3ncccc3C#N)CC2)CC1. The number of anilines is 2. The third kappa shape index (κ3) is 6.59. The summed E-state index contributed by atoms with van der Waals surface area (Å²) in [6.07, 6.45) is 3.50. The Labute approximate surface area is 213 Å². The highest BCUT2D eigenvalue weighted by atomic mass is 16.2. The van der Waals surface area contributed by atoms with Crippen LogP contribution in [0.15, 0.2) is 42.6 Å². The molecule has 0 bridgehead atoms. The van der Waals surface area contributed by atoms with E-state index in [1.807, 2.05) is 29.2 Å². The topological polar surface area (TPSA) is 95.8 Å². The Hall–Kier alpha value is -3.48. The summed E-state index contributed by atoms with van der Waals surface area (Å²) in [5.74, 6) is 0.851. The van der Waals surface area contributed by atoms with Gasteiger partial charge in [-0.1, -0.05) is 25.1 Å². The second-order valence-electron chi connectivity index (χ2n) is 9.32. The molecule has 1 aromatic heterocycles. The number of aryl methyl sites for hydroxylation is 1. The minimum atomic E-state index is -0.0164. The monoisotopic (exact) mass is 489 g/mol. The lowest BCUT2D eigenvalue weighted by Crippen LogP contribution is -2.52. The zero-order valence-electron chi connectivity index (χ0n) is 21.0. The Morgan fingerprint density at radius 1 is 0.944 bits per heavy atom. The number of para-hydroxylation sites is 1. The van der Waals surface area contributed by atoms with Crippen molar-refractivity contribution in [3.05, 3.63) is 53.7 Å². The van der Waals surface area contributed by atoms with Crippen molar-refractivity contribution in [1.82, 2.24) is 19.7 Å². The first kappa shape index (κ1) is 25.6. The number of nitrogens with zero attached hydrogens (tertiary/aromatic N) is 6. The minimum Gasteiger partial charge on any atom is -0.354 e. The molecule has 2 saturated heterocycles. The Morgan fingerprint density at radius 2 is 1.69 bits per heavy atom. The highest BCUT2D eigenvalue weighted by molar-refractivity contribution is 5.93. The van der Waals surface area contributed by atoms with E-state index < -0.39 is 0 Å². The van der Waals surface area contributed by atoms with E-state index in [4.69, 9.17) is 0 Å². The minimum absolute atomic E-state index is 0.0164. The lowest BCUT2D eigenvalue weighted by atomic mass is 10.1. The lowest BCUT2D eigenvalue weighted by molar-refractivity contribution is -0.134. The molecule has 0 saturated carbocycles. The first-order valence-electron chi connectivity index (χ1n) is 12.8. The van der Waals surface area contributed by atoms with E-state index in [-0.39, 0.29) is 11.8 Å². The van der Waals surface area contributed by atoms with Crippen LogP contribution in [-0.2, 0) is 16.0 Å². The molecule has 0 aliphatic carbocycles. The molecule has 2 amide bonds. The molecule has 2 aromatic rings. The van der Waals surface area contributed by atoms with E-state index in [9.17, 15) is 14.9 Å².